The number of carbonyl (C=O) groups is 3. The highest BCUT2D eigenvalue weighted by molar-refractivity contribution is 6.30. The topological polar surface area (TPSA) is 108 Å². The molecule has 1 saturated carbocycles. The molecule has 2 fully saturated rings. The molecule has 1 atom stereocenters. The standard InChI is InChI=1S/C25H36ClN3O5/c1-24(2,3)34-23(33)28-16-25(17-6-4-7-18(26)14-17)11-9-19(10-12-25)27-15-21(30)29-13-5-8-20(29)22(31)32/h4,6-7,14,19-20,27H,5,8-13,15-16H2,1-3H3,(H,28,33)(H,31,32)/t19-,20-,25-/m0/s1. The Bertz CT molecular complexity index is 893. The van der Waals surface area contributed by atoms with Gasteiger partial charge in [0.05, 0.1) is 6.54 Å². The van der Waals surface area contributed by atoms with Gasteiger partial charge in [0, 0.05) is 29.6 Å². The molecule has 188 valence electrons. The van der Waals surface area contributed by atoms with Crippen molar-refractivity contribution in [2.45, 2.75) is 82.4 Å². The largest absolute Gasteiger partial charge is 0.480 e. The van der Waals surface area contributed by atoms with Crippen LogP contribution < -0.4 is 10.6 Å². The van der Waals surface area contributed by atoms with Crippen molar-refractivity contribution in [1.82, 2.24) is 15.5 Å². The first-order valence-electron chi connectivity index (χ1n) is 12.0. The summed E-state index contributed by atoms with van der Waals surface area (Å²) in [5.74, 6) is -1.10. The monoisotopic (exact) mass is 493 g/mol. The van der Waals surface area contributed by atoms with Gasteiger partial charge < -0.3 is 25.4 Å². The van der Waals surface area contributed by atoms with Crippen LogP contribution in [-0.2, 0) is 19.7 Å². The fourth-order valence-electron chi connectivity index (χ4n) is 4.97. The Morgan fingerprint density at radius 1 is 1.21 bits per heavy atom. The van der Waals surface area contributed by atoms with Crippen molar-refractivity contribution in [1.29, 1.82) is 0 Å². The van der Waals surface area contributed by atoms with E-state index in [0.717, 1.165) is 37.7 Å². The van der Waals surface area contributed by atoms with Gasteiger partial charge in [-0.2, -0.15) is 0 Å². The van der Waals surface area contributed by atoms with Gasteiger partial charge in [-0.15, -0.1) is 0 Å². The number of benzene rings is 1. The SMILES string of the molecule is CC(C)(C)OC(=O)NC[C@]1(c2cccc(Cl)c2)CC[C@H](NCC(=O)N2CCC[C@H]2C(=O)O)CC1. The molecule has 1 saturated heterocycles. The summed E-state index contributed by atoms with van der Waals surface area (Å²) in [5, 5.41) is 16.3. The molecule has 1 aromatic rings. The van der Waals surface area contributed by atoms with Crippen LogP contribution in [0.15, 0.2) is 24.3 Å². The number of rotatable bonds is 7. The number of carboxylic acid groups (broad SMARTS) is 1. The number of likely N-dealkylation sites (tertiary alicyclic amines) is 1. The molecule has 2 aliphatic rings. The van der Waals surface area contributed by atoms with Gasteiger partial charge in [0.15, 0.2) is 0 Å². The molecule has 0 bridgehead atoms. The highest BCUT2D eigenvalue weighted by Crippen LogP contribution is 2.40. The number of amides is 2. The number of hydrogen-bond acceptors (Lipinski definition) is 5. The Balaban J connectivity index is 1.60. The Hall–Kier alpha value is -2.32. The van der Waals surface area contributed by atoms with Crippen molar-refractivity contribution in [2.24, 2.45) is 0 Å². The van der Waals surface area contributed by atoms with E-state index in [9.17, 15) is 19.5 Å². The van der Waals surface area contributed by atoms with Gasteiger partial charge in [-0.05, 0) is 77.0 Å². The van der Waals surface area contributed by atoms with Crippen molar-refractivity contribution in [3.63, 3.8) is 0 Å². The molecule has 2 amide bonds. The molecule has 3 rings (SSSR count). The fourth-order valence-corrected chi connectivity index (χ4v) is 5.16. The Morgan fingerprint density at radius 3 is 2.53 bits per heavy atom. The number of aliphatic carboxylic acids is 1. The molecule has 0 radical (unpaired) electrons. The maximum Gasteiger partial charge on any atom is 0.407 e. The first-order chi connectivity index (χ1) is 16.0. The average Bonchev–Trinajstić information content (AvgIpc) is 3.26. The summed E-state index contributed by atoms with van der Waals surface area (Å²) in [4.78, 5) is 37.8. The lowest BCUT2D eigenvalue weighted by molar-refractivity contribution is -0.147. The molecule has 1 heterocycles. The summed E-state index contributed by atoms with van der Waals surface area (Å²) in [6, 6.07) is 7.18. The Labute approximate surface area is 206 Å². The van der Waals surface area contributed by atoms with E-state index in [-0.39, 0.29) is 23.9 Å². The zero-order chi connectivity index (χ0) is 24.9. The van der Waals surface area contributed by atoms with Crippen LogP contribution in [0, 0.1) is 0 Å². The van der Waals surface area contributed by atoms with E-state index in [1.165, 1.54) is 4.90 Å². The van der Waals surface area contributed by atoms with Crippen molar-refractivity contribution in [3.05, 3.63) is 34.9 Å². The second kappa shape index (κ2) is 11.0. The van der Waals surface area contributed by atoms with Crippen molar-refractivity contribution < 1.29 is 24.2 Å². The quantitative estimate of drug-likeness (QED) is 0.534. The minimum atomic E-state index is -0.938. The van der Waals surface area contributed by atoms with Gasteiger partial charge >= 0.3 is 12.1 Å². The van der Waals surface area contributed by atoms with Crippen LogP contribution in [-0.4, -0.2) is 65.3 Å². The molecular weight excluding hydrogens is 458 g/mol. The van der Waals surface area contributed by atoms with Gasteiger partial charge in [-0.1, -0.05) is 23.7 Å². The molecule has 8 nitrogen and oxygen atoms in total. The van der Waals surface area contributed by atoms with E-state index in [2.05, 4.69) is 10.6 Å². The van der Waals surface area contributed by atoms with Gasteiger partial charge in [-0.25, -0.2) is 9.59 Å². The third kappa shape index (κ3) is 6.85. The van der Waals surface area contributed by atoms with Gasteiger partial charge in [0.2, 0.25) is 5.91 Å². The zero-order valence-corrected chi connectivity index (χ0v) is 21.0. The van der Waals surface area contributed by atoms with Gasteiger partial charge in [0.25, 0.3) is 0 Å². The van der Waals surface area contributed by atoms with E-state index in [1.807, 2.05) is 45.0 Å². The maximum absolute atomic E-state index is 12.6. The van der Waals surface area contributed by atoms with E-state index in [1.54, 1.807) is 0 Å². The highest BCUT2D eigenvalue weighted by Gasteiger charge is 2.38. The molecule has 34 heavy (non-hydrogen) atoms. The first-order valence-corrected chi connectivity index (χ1v) is 12.4. The smallest absolute Gasteiger partial charge is 0.407 e. The van der Waals surface area contributed by atoms with Crippen LogP contribution in [0.4, 0.5) is 4.79 Å². The predicted molar refractivity (Wildman–Crippen MR) is 130 cm³/mol. The van der Waals surface area contributed by atoms with E-state index >= 15 is 0 Å². The first kappa shape index (κ1) is 26.3. The zero-order valence-electron chi connectivity index (χ0n) is 20.2. The Kier molecular flexibility index (Phi) is 8.47. The molecular formula is C25H36ClN3O5. The number of ether oxygens (including phenoxy) is 1. The maximum atomic E-state index is 12.6. The molecule has 3 N–H and O–H groups in total. The molecule has 0 spiro atoms. The lowest BCUT2D eigenvalue weighted by atomic mass is 9.68. The van der Waals surface area contributed by atoms with E-state index < -0.39 is 23.7 Å². The second-order valence-electron chi connectivity index (χ2n) is 10.4. The minimum absolute atomic E-state index is 0.134. The normalized spacial score (nSPS) is 25.1. The second-order valence-corrected chi connectivity index (χ2v) is 10.8. The summed E-state index contributed by atoms with van der Waals surface area (Å²) in [6.07, 6.45) is 4.03. The molecule has 9 heteroatoms. The van der Waals surface area contributed by atoms with Crippen LogP contribution in [0.5, 0.6) is 0 Å². The highest BCUT2D eigenvalue weighted by atomic mass is 35.5. The van der Waals surface area contributed by atoms with Crippen molar-refractivity contribution in [3.8, 4) is 0 Å². The van der Waals surface area contributed by atoms with E-state index in [0.29, 0.717) is 24.5 Å². The lowest BCUT2D eigenvalue weighted by Gasteiger charge is -2.41. The summed E-state index contributed by atoms with van der Waals surface area (Å²) >= 11 is 6.28. The summed E-state index contributed by atoms with van der Waals surface area (Å²) in [7, 11) is 0. The third-order valence-electron chi connectivity index (χ3n) is 6.75. The van der Waals surface area contributed by atoms with Crippen LogP contribution >= 0.6 is 11.6 Å². The predicted octanol–water partition coefficient (Wildman–Crippen LogP) is 3.71. The molecule has 0 unspecified atom stereocenters. The number of alkyl carbamates (subject to hydrolysis) is 1. The number of hydrogen-bond donors (Lipinski definition) is 3. The lowest BCUT2D eigenvalue weighted by Crippen LogP contribution is -2.49. The number of nitrogens with zero attached hydrogens (tertiary/aromatic N) is 1. The van der Waals surface area contributed by atoms with E-state index in [4.69, 9.17) is 16.3 Å². The summed E-state index contributed by atoms with van der Waals surface area (Å²) in [6.45, 7) is 6.56. The minimum Gasteiger partial charge on any atom is -0.480 e. The van der Waals surface area contributed by atoms with Crippen LogP contribution in [0.1, 0.15) is 64.9 Å². The number of carboxylic acids is 1. The fraction of sp³-hybridized carbons (Fsp3) is 0.640. The number of nitrogens with one attached hydrogen (secondary N) is 2. The average molecular weight is 494 g/mol. The van der Waals surface area contributed by atoms with Crippen LogP contribution in [0.25, 0.3) is 0 Å². The molecule has 0 aromatic heterocycles. The summed E-state index contributed by atoms with van der Waals surface area (Å²) in [5.41, 5.74) is 0.218. The summed E-state index contributed by atoms with van der Waals surface area (Å²) < 4.78 is 5.42. The Morgan fingerprint density at radius 2 is 1.91 bits per heavy atom. The van der Waals surface area contributed by atoms with Crippen molar-refractivity contribution >= 4 is 29.6 Å². The van der Waals surface area contributed by atoms with Crippen molar-refractivity contribution in [2.75, 3.05) is 19.6 Å². The third-order valence-corrected chi connectivity index (χ3v) is 6.98. The van der Waals surface area contributed by atoms with Gasteiger partial charge in [0.1, 0.15) is 11.6 Å². The molecule has 1 aliphatic carbocycles. The van der Waals surface area contributed by atoms with Crippen LogP contribution in [0.3, 0.4) is 0 Å². The number of halogens is 1. The molecule has 1 aromatic carbocycles. The molecule has 1 aliphatic heterocycles. The van der Waals surface area contributed by atoms with Crippen LogP contribution in [0.2, 0.25) is 5.02 Å². The number of carbonyl (C=O) groups excluding carboxylic acids is 2. The van der Waals surface area contributed by atoms with Gasteiger partial charge in [-0.3, -0.25) is 4.79 Å².